The predicted octanol–water partition coefficient (Wildman–Crippen LogP) is 3.34. The lowest BCUT2D eigenvalue weighted by atomic mass is 10.1. The van der Waals surface area contributed by atoms with Crippen molar-refractivity contribution in [2.24, 2.45) is 0 Å². The van der Waals surface area contributed by atoms with Gasteiger partial charge in [-0.05, 0) is 42.9 Å². The lowest BCUT2D eigenvalue weighted by Crippen LogP contribution is -2.35. The number of halogens is 2. The van der Waals surface area contributed by atoms with Crippen LogP contribution in [0.1, 0.15) is 25.0 Å². The highest BCUT2D eigenvalue weighted by atomic mass is 19.1. The molecule has 2 N–H and O–H groups in total. The summed E-state index contributed by atoms with van der Waals surface area (Å²) in [6, 6.07) is 9.24. The van der Waals surface area contributed by atoms with E-state index in [1.165, 1.54) is 18.2 Å². The molecule has 2 aromatic rings. The summed E-state index contributed by atoms with van der Waals surface area (Å²) < 4.78 is 38.5. The maximum atomic E-state index is 13.7. The van der Waals surface area contributed by atoms with Crippen molar-refractivity contribution in [2.75, 3.05) is 33.4 Å². The molecule has 5 nitrogen and oxygen atoms in total. The molecular formula is C22H30F2N2O3. The van der Waals surface area contributed by atoms with Crippen LogP contribution in [0, 0.1) is 11.6 Å². The van der Waals surface area contributed by atoms with Crippen LogP contribution in [0.2, 0.25) is 0 Å². The first-order chi connectivity index (χ1) is 14.0. The Morgan fingerprint density at radius 3 is 2.34 bits per heavy atom. The third kappa shape index (κ3) is 6.96. The number of nitrogens with zero attached hydrogens (tertiary/aromatic N) is 1. The Kier molecular flexibility index (Phi) is 9.31. The molecule has 0 radical (unpaired) electrons. The van der Waals surface area contributed by atoms with Crippen molar-refractivity contribution >= 4 is 0 Å². The lowest BCUT2D eigenvalue weighted by Gasteiger charge is -2.22. The fourth-order valence-corrected chi connectivity index (χ4v) is 3.00. The predicted molar refractivity (Wildman–Crippen MR) is 109 cm³/mol. The summed E-state index contributed by atoms with van der Waals surface area (Å²) >= 11 is 0. The number of rotatable bonds is 12. The van der Waals surface area contributed by atoms with Gasteiger partial charge in [-0.15, -0.1) is 0 Å². The molecule has 2 rings (SSSR count). The molecule has 1 atom stereocenters. The van der Waals surface area contributed by atoms with Crippen molar-refractivity contribution in [1.29, 1.82) is 0 Å². The van der Waals surface area contributed by atoms with Gasteiger partial charge in [0, 0.05) is 25.2 Å². The number of nitrogens with one attached hydrogen (secondary N) is 1. The van der Waals surface area contributed by atoms with Crippen LogP contribution >= 0.6 is 0 Å². The van der Waals surface area contributed by atoms with Gasteiger partial charge in [0.2, 0.25) is 0 Å². The van der Waals surface area contributed by atoms with Crippen molar-refractivity contribution in [2.45, 2.75) is 33.0 Å². The van der Waals surface area contributed by atoms with E-state index < -0.39 is 17.7 Å². The van der Waals surface area contributed by atoms with Gasteiger partial charge >= 0.3 is 0 Å². The lowest BCUT2D eigenvalue weighted by molar-refractivity contribution is 0.0705. The third-order valence-corrected chi connectivity index (χ3v) is 4.72. The monoisotopic (exact) mass is 408 g/mol. The van der Waals surface area contributed by atoms with Gasteiger partial charge in [-0.3, -0.25) is 0 Å². The molecule has 0 aliphatic heterocycles. The molecule has 29 heavy (non-hydrogen) atoms. The van der Waals surface area contributed by atoms with Crippen LogP contribution in [0.3, 0.4) is 0 Å². The third-order valence-electron chi connectivity index (χ3n) is 4.72. The largest absolute Gasteiger partial charge is 0.493 e. The normalized spacial score (nSPS) is 12.2. The van der Waals surface area contributed by atoms with Crippen LogP contribution in [0.5, 0.6) is 11.5 Å². The molecule has 0 saturated heterocycles. The van der Waals surface area contributed by atoms with Crippen molar-refractivity contribution in [3.8, 4) is 11.5 Å². The highest BCUT2D eigenvalue weighted by Gasteiger charge is 2.13. The number of likely N-dealkylation sites (N-methyl/N-ethyl adjacent to an activating group) is 1. The van der Waals surface area contributed by atoms with Gasteiger partial charge in [0.25, 0.3) is 0 Å². The van der Waals surface area contributed by atoms with E-state index in [0.29, 0.717) is 24.6 Å². The summed E-state index contributed by atoms with van der Waals surface area (Å²) in [6.45, 7) is 6.96. The molecule has 0 aromatic heterocycles. The molecular weight excluding hydrogens is 378 g/mol. The topological polar surface area (TPSA) is 54.0 Å². The zero-order chi connectivity index (χ0) is 21.2. The van der Waals surface area contributed by atoms with E-state index in [-0.39, 0.29) is 18.7 Å². The van der Waals surface area contributed by atoms with Crippen LogP contribution in [0.15, 0.2) is 36.4 Å². The van der Waals surface area contributed by atoms with Crippen LogP contribution in [-0.4, -0.2) is 49.5 Å². The van der Waals surface area contributed by atoms with E-state index in [0.717, 1.165) is 18.7 Å². The van der Waals surface area contributed by atoms with Crippen molar-refractivity contribution < 1.29 is 23.4 Å². The number of aliphatic hydroxyl groups is 1. The van der Waals surface area contributed by atoms with Gasteiger partial charge in [0.15, 0.2) is 11.5 Å². The van der Waals surface area contributed by atoms with Crippen LogP contribution in [-0.2, 0) is 13.1 Å². The second-order valence-corrected chi connectivity index (χ2v) is 6.74. The van der Waals surface area contributed by atoms with Gasteiger partial charge in [-0.25, -0.2) is 8.78 Å². The first-order valence-corrected chi connectivity index (χ1v) is 9.82. The van der Waals surface area contributed by atoms with E-state index in [4.69, 9.17) is 9.47 Å². The van der Waals surface area contributed by atoms with Crippen LogP contribution in [0.4, 0.5) is 8.78 Å². The highest BCUT2D eigenvalue weighted by Crippen LogP contribution is 2.28. The average molecular weight is 408 g/mol. The Bertz CT molecular complexity index is 749. The summed E-state index contributed by atoms with van der Waals surface area (Å²) in [4.78, 5) is 2.12. The molecule has 0 saturated carbocycles. The minimum Gasteiger partial charge on any atom is -0.493 e. The molecule has 0 aliphatic rings. The standard InChI is InChI=1S/C22H30F2N2O3/c1-4-26(5-2)14-17(27)15-29-22-11-16(9-10-21(22)28-3)12-25-13-18-19(23)7-6-8-20(18)24/h6-11,17,25,27H,4-5,12-15H2,1-3H3. The maximum absolute atomic E-state index is 13.7. The number of hydrogen-bond acceptors (Lipinski definition) is 5. The number of aliphatic hydroxyl groups excluding tert-OH is 1. The average Bonchev–Trinajstić information content (AvgIpc) is 2.72. The second-order valence-electron chi connectivity index (χ2n) is 6.74. The molecule has 2 aromatic carbocycles. The van der Waals surface area contributed by atoms with Crippen LogP contribution < -0.4 is 14.8 Å². The Morgan fingerprint density at radius 2 is 1.72 bits per heavy atom. The van der Waals surface area contributed by atoms with Crippen molar-refractivity contribution in [3.63, 3.8) is 0 Å². The molecule has 0 aliphatic carbocycles. The smallest absolute Gasteiger partial charge is 0.161 e. The quantitative estimate of drug-likeness (QED) is 0.564. The molecule has 0 heterocycles. The van der Waals surface area contributed by atoms with Gasteiger partial charge < -0.3 is 24.8 Å². The molecule has 7 heteroatoms. The zero-order valence-electron chi connectivity index (χ0n) is 17.3. The van der Waals surface area contributed by atoms with E-state index in [1.807, 2.05) is 19.9 Å². The van der Waals surface area contributed by atoms with E-state index in [2.05, 4.69) is 10.2 Å². The molecule has 1 unspecified atom stereocenters. The SMILES string of the molecule is CCN(CC)CC(O)COc1cc(CNCc2c(F)cccc2F)ccc1OC. The number of methoxy groups -OCH3 is 1. The van der Waals surface area contributed by atoms with E-state index in [1.54, 1.807) is 19.2 Å². The Hall–Kier alpha value is -2.22. The first kappa shape index (κ1) is 23.1. The fourth-order valence-electron chi connectivity index (χ4n) is 3.00. The molecule has 0 fully saturated rings. The van der Waals surface area contributed by atoms with Gasteiger partial charge in [0.1, 0.15) is 24.3 Å². The summed E-state index contributed by atoms with van der Waals surface area (Å²) in [6.07, 6.45) is -0.620. The zero-order valence-corrected chi connectivity index (χ0v) is 17.3. The Balaban J connectivity index is 1.95. The van der Waals surface area contributed by atoms with Crippen LogP contribution in [0.25, 0.3) is 0 Å². The molecule has 0 bridgehead atoms. The maximum Gasteiger partial charge on any atom is 0.161 e. The Labute approximate surface area is 171 Å². The molecule has 160 valence electrons. The summed E-state index contributed by atoms with van der Waals surface area (Å²) in [5.74, 6) is -0.0664. The highest BCUT2D eigenvalue weighted by molar-refractivity contribution is 5.43. The minimum absolute atomic E-state index is 0.0111. The summed E-state index contributed by atoms with van der Waals surface area (Å²) in [5, 5.41) is 13.2. The van der Waals surface area contributed by atoms with E-state index in [9.17, 15) is 13.9 Å². The van der Waals surface area contributed by atoms with E-state index >= 15 is 0 Å². The van der Waals surface area contributed by atoms with Gasteiger partial charge in [0.05, 0.1) is 7.11 Å². The number of benzene rings is 2. The minimum atomic E-state index is -0.620. The fraction of sp³-hybridized carbons (Fsp3) is 0.455. The second kappa shape index (κ2) is 11.7. The Morgan fingerprint density at radius 1 is 1.03 bits per heavy atom. The first-order valence-electron chi connectivity index (χ1n) is 9.82. The van der Waals surface area contributed by atoms with Crippen molar-refractivity contribution in [3.05, 3.63) is 59.2 Å². The summed E-state index contributed by atoms with van der Waals surface area (Å²) in [7, 11) is 1.55. The number of hydrogen-bond donors (Lipinski definition) is 2. The van der Waals surface area contributed by atoms with Gasteiger partial charge in [-0.2, -0.15) is 0 Å². The molecule has 0 spiro atoms. The summed E-state index contributed by atoms with van der Waals surface area (Å²) in [5.41, 5.74) is 0.882. The number of ether oxygens (including phenoxy) is 2. The molecule has 0 amide bonds. The van der Waals surface area contributed by atoms with Gasteiger partial charge in [-0.1, -0.05) is 26.0 Å². The van der Waals surface area contributed by atoms with Crippen molar-refractivity contribution in [1.82, 2.24) is 10.2 Å².